The van der Waals surface area contributed by atoms with Gasteiger partial charge in [-0.2, -0.15) is 9.29 Å². The van der Waals surface area contributed by atoms with Gasteiger partial charge >= 0.3 is 5.97 Å². The zero-order chi connectivity index (χ0) is 36.9. The number of pyridine rings is 2. The normalized spacial score (nSPS) is 18.5. The summed E-state index contributed by atoms with van der Waals surface area (Å²) in [6, 6.07) is 9.26. The largest absolute Gasteiger partial charge is 0.481 e. The minimum atomic E-state index is -4.12. The van der Waals surface area contributed by atoms with Crippen molar-refractivity contribution in [1.29, 1.82) is 0 Å². The van der Waals surface area contributed by atoms with E-state index in [1.54, 1.807) is 26.8 Å². The highest BCUT2D eigenvalue weighted by Crippen LogP contribution is 2.44. The van der Waals surface area contributed by atoms with Crippen LogP contribution in [0.25, 0.3) is 5.65 Å². The fourth-order valence-electron chi connectivity index (χ4n) is 7.27. The minimum absolute atomic E-state index is 0.00468. The van der Waals surface area contributed by atoms with Crippen molar-refractivity contribution in [3.63, 3.8) is 0 Å². The molecule has 0 amide bonds. The molecule has 4 aromatic rings. The highest BCUT2D eigenvalue weighted by atomic mass is 32.2. The van der Waals surface area contributed by atoms with Gasteiger partial charge in [-0.3, -0.25) is 9.20 Å². The molecule has 0 radical (unpaired) electrons. The Morgan fingerprint density at radius 3 is 2.49 bits per heavy atom. The molecule has 0 aliphatic carbocycles. The van der Waals surface area contributed by atoms with E-state index in [9.17, 15) is 23.4 Å². The molecule has 14 heteroatoms. The number of hydrogen-bond donors (Lipinski definition) is 3. The van der Waals surface area contributed by atoms with Crippen LogP contribution in [0, 0.1) is 33.1 Å². The Labute approximate surface area is 299 Å². The van der Waals surface area contributed by atoms with Crippen LogP contribution in [0.1, 0.15) is 85.2 Å². The molecule has 2 atom stereocenters. The number of carboxylic acid groups (broad SMARTS) is 1. The van der Waals surface area contributed by atoms with Crippen LogP contribution in [0.2, 0.25) is 0 Å². The molecule has 1 fully saturated rings. The Balaban J connectivity index is 1.45. The van der Waals surface area contributed by atoms with Crippen molar-refractivity contribution in [3.05, 3.63) is 75.7 Å². The molecule has 0 bridgehead atoms. The summed E-state index contributed by atoms with van der Waals surface area (Å²) >= 11 is 0. The number of anilines is 1. The van der Waals surface area contributed by atoms with E-state index >= 15 is 0 Å². The Morgan fingerprint density at radius 1 is 1.08 bits per heavy atom. The molecule has 5 heterocycles. The maximum Gasteiger partial charge on any atom is 0.310 e. The van der Waals surface area contributed by atoms with Gasteiger partial charge < -0.3 is 25.0 Å². The first-order chi connectivity index (χ1) is 24.1. The van der Waals surface area contributed by atoms with Crippen molar-refractivity contribution in [2.45, 2.75) is 96.7 Å². The van der Waals surface area contributed by atoms with Crippen LogP contribution in [0.4, 0.5) is 5.82 Å². The number of nitrogens with one attached hydrogen (secondary N) is 1. The quantitative estimate of drug-likeness (QED) is 0.204. The van der Waals surface area contributed by atoms with Crippen LogP contribution >= 0.6 is 0 Å². The first-order valence-corrected chi connectivity index (χ1v) is 18.8. The number of aromatic nitrogens is 4. The van der Waals surface area contributed by atoms with Crippen molar-refractivity contribution >= 4 is 27.5 Å². The second-order valence-electron chi connectivity index (χ2n) is 14.7. The monoisotopic (exact) mass is 720 g/mol. The number of benzene rings is 1. The number of aliphatic carboxylic acids is 1. The maximum absolute atomic E-state index is 14.6. The number of ether oxygens (including phenoxy) is 2. The van der Waals surface area contributed by atoms with E-state index in [4.69, 9.17) is 14.5 Å². The standard InChI is InChI=1S/C37H48N6O7S/c1-22-8-9-27(31(36(6,7)35(45)46)29-10-14-43-26(5)40-41-33(43)25(29)4)19-28(22)20-42-21-37(12-16-49-17-13-37)50-34-30(51(42,47)48)18-23(2)32(39-34)38-24(3)11-15-44/h8-10,14,18-19,24,31,44H,11-13,15-17,20-21H2,1-7H3,(H,38,39)(H,45,46)/t24-,31+/m0/s1. The lowest BCUT2D eigenvalue weighted by Gasteiger charge is -2.38. The molecule has 0 saturated carbocycles. The van der Waals surface area contributed by atoms with Gasteiger partial charge in [0.15, 0.2) is 5.65 Å². The van der Waals surface area contributed by atoms with Crippen LogP contribution < -0.4 is 10.1 Å². The van der Waals surface area contributed by atoms with Crippen LogP contribution in [-0.2, 0) is 26.1 Å². The van der Waals surface area contributed by atoms with Crippen LogP contribution in [0.15, 0.2) is 41.4 Å². The van der Waals surface area contributed by atoms with Gasteiger partial charge in [-0.25, -0.2) is 8.42 Å². The molecule has 1 spiro atoms. The van der Waals surface area contributed by atoms with Gasteiger partial charge in [-0.05, 0) is 100 Å². The summed E-state index contributed by atoms with van der Waals surface area (Å²) in [6.45, 7) is 13.9. The summed E-state index contributed by atoms with van der Waals surface area (Å²) in [5.74, 6) is -0.265. The topological polar surface area (TPSA) is 168 Å². The van der Waals surface area contributed by atoms with Crippen molar-refractivity contribution in [3.8, 4) is 5.88 Å². The van der Waals surface area contributed by atoms with Gasteiger partial charge in [0.05, 0.1) is 25.2 Å². The van der Waals surface area contributed by atoms with E-state index in [0.29, 0.717) is 49.5 Å². The number of sulfonamides is 1. The first-order valence-electron chi connectivity index (χ1n) is 17.4. The average Bonchev–Trinajstić information content (AvgIpc) is 3.42. The SMILES string of the molecule is Cc1ccc([C@H](c2ccn3c(C)nnc3c2C)C(C)(C)C(=O)O)cc1CN1CC2(CCOCC2)Oc2nc(N[C@@H](C)CCO)c(C)cc2S1(=O)=O. The number of fused-ring (bicyclic) bond motifs is 2. The van der Waals surface area contributed by atoms with Gasteiger partial charge in [0.25, 0.3) is 0 Å². The molecule has 274 valence electrons. The van der Waals surface area contributed by atoms with Crippen LogP contribution in [-0.4, -0.2) is 86.5 Å². The molecule has 1 saturated heterocycles. The van der Waals surface area contributed by atoms with E-state index in [1.807, 2.05) is 62.6 Å². The lowest BCUT2D eigenvalue weighted by atomic mass is 9.70. The number of carbonyl (C=O) groups is 1. The van der Waals surface area contributed by atoms with Gasteiger partial charge in [-0.15, -0.1) is 10.2 Å². The summed E-state index contributed by atoms with van der Waals surface area (Å²) < 4.78 is 44.9. The van der Waals surface area contributed by atoms with Crippen LogP contribution in [0.5, 0.6) is 5.88 Å². The van der Waals surface area contributed by atoms with Crippen LogP contribution in [0.3, 0.4) is 0 Å². The number of aryl methyl sites for hydroxylation is 4. The molecule has 51 heavy (non-hydrogen) atoms. The highest BCUT2D eigenvalue weighted by Gasteiger charge is 2.46. The van der Waals surface area contributed by atoms with E-state index in [-0.39, 0.29) is 36.5 Å². The van der Waals surface area contributed by atoms with Crippen molar-refractivity contribution in [2.24, 2.45) is 5.41 Å². The van der Waals surface area contributed by atoms with Crippen molar-refractivity contribution < 1.29 is 32.9 Å². The molecule has 1 aromatic carbocycles. The zero-order valence-electron chi connectivity index (χ0n) is 30.4. The molecular weight excluding hydrogens is 673 g/mol. The molecule has 6 rings (SSSR count). The number of aliphatic hydroxyl groups excluding tert-OH is 1. The third-order valence-corrected chi connectivity index (χ3v) is 12.4. The zero-order valence-corrected chi connectivity index (χ0v) is 31.2. The molecule has 13 nitrogen and oxygen atoms in total. The Kier molecular flexibility index (Phi) is 9.92. The number of carboxylic acids is 1. The van der Waals surface area contributed by atoms with Gasteiger partial charge in [0.2, 0.25) is 15.9 Å². The van der Waals surface area contributed by atoms with E-state index in [0.717, 1.165) is 33.6 Å². The van der Waals surface area contributed by atoms with Crippen molar-refractivity contribution in [2.75, 3.05) is 31.7 Å². The molecule has 3 aromatic heterocycles. The molecule has 2 aliphatic heterocycles. The fraction of sp³-hybridized carbons (Fsp3) is 0.514. The lowest BCUT2D eigenvalue weighted by molar-refractivity contribution is -0.147. The van der Waals surface area contributed by atoms with E-state index in [2.05, 4.69) is 15.5 Å². The Morgan fingerprint density at radius 2 is 1.80 bits per heavy atom. The van der Waals surface area contributed by atoms with E-state index in [1.165, 1.54) is 4.31 Å². The summed E-state index contributed by atoms with van der Waals surface area (Å²) in [5, 5.41) is 31.8. The molecule has 2 aliphatic rings. The predicted octanol–water partition coefficient (Wildman–Crippen LogP) is 4.92. The Bertz CT molecular complexity index is 2070. The van der Waals surface area contributed by atoms with E-state index < -0.39 is 32.9 Å². The summed E-state index contributed by atoms with van der Waals surface area (Å²) in [5.41, 5.74) is 3.21. The number of nitrogens with zero attached hydrogens (tertiary/aromatic N) is 5. The average molecular weight is 721 g/mol. The summed E-state index contributed by atoms with van der Waals surface area (Å²) in [6.07, 6.45) is 3.33. The second kappa shape index (κ2) is 13.8. The van der Waals surface area contributed by atoms with Gasteiger partial charge in [0.1, 0.15) is 22.1 Å². The highest BCUT2D eigenvalue weighted by molar-refractivity contribution is 7.89. The smallest absolute Gasteiger partial charge is 0.310 e. The number of hydrogen-bond acceptors (Lipinski definition) is 10. The molecular formula is C37H48N6O7S. The number of rotatable bonds is 10. The van der Waals surface area contributed by atoms with Gasteiger partial charge in [-0.1, -0.05) is 18.2 Å². The second-order valence-corrected chi connectivity index (χ2v) is 16.6. The minimum Gasteiger partial charge on any atom is -0.481 e. The molecule has 3 N–H and O–H groups in total. The Hall–Kier alpha value is -4.11. The maximum atomic E-state index is 14.6. The lowest BCUT2D eigenvalue weighted by Crippen LogP contribution is -2.50. The van der Waals surface area contributed by atoms with Gasteiger partial charge in [0, 0.05) is 44.1 Å². The number of aliphatic hydroxyl groups is 1. The fourth-order valence-corrected chi connectivity index (χ4v) is 8.89. The summed E-state index contributed by atoms with van der Waals surface area (Å²) in [4.78, 5) is 17.6. The third kappa shape index (κ3) is 6.82. The third-order valence-electron chi connectivity index (χ3n) is 10.6. The van der Waals surface area contributed by atoms with Crippen molar-refractivity contribution in [1.82, 2.24) is 23.9 Å². The summed E-state index contributed by atoms with van der Waals surface area (Å²) in [7, 11) is -4.12. The predicted molar refractivity (Wildman–Crippen MR) is 192 cm³/mol. The first kappa shape index (κ1) is 36.7. The molecule has 0 unspecified atom stereocenters.